The van der Waals surface area contributed by atoms with Crippen molar-refractivity contribution in [1.29, 1.82) is 0 Å². The van der Waals surface area contributed by atoms with Gasteiger partial charge in [0.1, 0.15) is 0 Å². The van der Waals surface area contributed by atoms with Crippen molar-refractivity contribution in [3.05, 3.63) is 0 Å². The lowest BCUT2D eigenvalue weighted by Crippen LogP contribution is -2.34. The van der Waals surface area contributed by atoms with E-state index in [1.807, 2.05) is 0 Å². The van der Waals surface area contributed by atoms with Crippen LogP contribution in [-0.2, 0) is 0 Å². The molecule has 1 rings (SSSR count). The SMILES string of the molecule is CC(C)C1(C(F)(F)F)C(C)C1(Br)Br. The summed E-state index contributed by atoms with van der Waals surface area (Å²) in [5.74, 6) is -0.860. The fourth-order valence-corrected chi connectivity index (χ4v) is 4.79. The first-order valence-corrected chi connectivity index (χ1v) is 5.63. The predicted octanol–water partition coefficient (Wildman–Crippen LogP) is 4.33. The van der Waals surface area contributed by atoms with E-state index >= 15 is 0 Å². The van der Waals surface area contributed by atoms with E-state index in [2.05, 4.69) is 31.9 Å². The molecule has 1 aliphatic carbocycles. The van der Waals surface area contributed by atoms with Gasteiger partial charge < -0.3 is 0 Å². The zero-order chi connectivity index (χ0) is 10.7. The summed E-state index contributed by atoms with van der Waals surface area (Å²) in [6.45, 7) is 4.82. The van der Waals surface area contributed by atoms with E-state index in [0.29, 0.717) is 0 Å². The molecule has 0 aromatic rings. The van der Waals surface area contributed by atoms with E-state index in [-0.39, 0.29) is 0 Å². The van der Waals surface area contributed by atoms with Gasteiger partial charge in [-0.25, -0.2) is 0 Å². The summed E-state index contributed by atoms with van der Waals surface area (Å²) in [6, 6.07) is 0. The highest BCUT2D eigenvalue weighted by molar-refractivity contribution is 9.25. The van der Waals surface area contributed by atoms with E-state index in [9.17, 15) is 13.2 Å². The van der Waals surface area contributed by atoms with Gasteiger partial charge in [0.15, 0.2) is 0 Å². The van der Waals surface area contributed by atoms with Gasteiger partial charge in [0.05, 0.1) is 8.65 Å². The van der Waals surface area contributed by atoms with Gasteiger partial charge in [-0.3, -0.25) is 0 Å². The summed E-state index contributed by atoms with van der Waals surface area (Å²) in [7, 11) is 0. The van der Waals surface area contributed by atoms with Crippen LogP contribution >= 0.6 is 31.9 Å². The molecular formula is C8H11Br2F3. The third kappa shape index (κ3) is 1.22. The lowest BCUT2D eigenvalue weighted by atomic mass is 9.89. The van der Waals surface area contributed by atoms with Crippen molar-refractivity contribution < 1.29 is 13.2 Å². The van der Waals surface area contributed by atoms with Crippen molar-refractivity contribution in [2.24, 2.45) is 17.3 Å². The Labute approximate surface area is 92.5 Å². The second-order valence-corrected chi connectivity index (χ2v) is 7.43. The van der Waals surface area contributed by atoms with Gasteiger partial charge in [0.2, 0.25) is 0 Å². The van der Waals surface area contributed by atoms with E-state index in [1.165, 1.54) is 0 Å². The molecular weight excluding hydrogens is 313 g/mol. The zero-order valence-electron chi connectivity index (χ0n) is 7.54. The molecule has 0 aromatic heterocycles. The van der Waals surface area contributed by atoms with Gasteiger partial charge in [-0.2, -0.15) is 13.2 Å². The molecule has 0 spiro atoms. The average molecular weight is 324 g/mol. The van der Waals surface area contributed by atoms with Crippen LogP contribution in [0.2, 0.25) is 0 Å². The summed E-state index contributed by atoms with van der Waals surface area (Å²) >= 11 is 6.22. The first kappa shape index (κ1) is 11.8. The predicted molar refractivity (Wildman–Crippen MR) is 53.1 cm³/mol. The number of alkyl halides is 5. The zero-order valence-corrected chi connectivity index (χ0v) is 10.7. The molecule has 2 unspecified atom stereocenters. The third-order valence-corrected chi connectivity index (χ3v) is 5.76. The van der Waals surface area contributed by atoms with Crippen LogP contribution < -0.4 is 0 Å². The van der Waals surface area contributed by atoms with Crippen molar-refractivity contribution >= 4 is 31.9 Å². The Morgan fingerprint density at radius 2 is 1.54 bits per heavy atom. The van der Waals surface area contributed by atoms with Gasteiger partial charge >= 0.3 is 6.18 Å². The maximum Gasteiger partial charge on any atom is 0.397 e. The Kier molecular flexibility index (Phi) is 2.61. The van der Waals surface area contributed by atoms with Crippen molar-refractivity contribution in [2.75, 3.05) is 0 Å². The standard InChI is InChI=1S/C8H11Br2F3/c1-4(2)6(8(11,12)13)5(3)7(6,9)10/h4-5H,1-3H3. The monoisotopic (exact) mass is 322 g/mol. The number of hydrogen-bond donors (Lipinski definition) is 0. The van der Waals surface area contributed by atoms with Gasteiger partial charge in [-0.05, 0) is 11.8 Å². The van der Waals surface area contributed by atoms with Crippen molar-refractivity contribution in [3.63, 3.8) is 0 Å². The number of hydrogen-bond acceptors (Lipinski definition) is 0. The molecule has 78 valence electrons. The molecule has 2 atom stereocenters. The van der Waals surface area contributed by atoms with Crippen LogP contribution in [0.25, 0.3) is 0 Å². The van der Waals surface area contributed by atoms with E-state index in [4.69, 9.17) is 0 Å². The van der Waals surface area contributed by atoms with Gasteiger partial charge in [0.25, 0.3) is 0 Å². The molecule has 1 aliphatic rings. The van der Waals surface area contributed by atoms with Crippen LogP contribution in [0.4, 0.5) is 13.2 Å². The fourth-order valence-electron chi connectivity index (χ4n) is 2.24. The molecule has 0 N–H and O–H groups in total. The lowest BCUT2D eigenvalue weighted by molar-refractivity contribution is -0.204. The Hall–Kier alpha value is 0.750. The maximum atomic E-state index is 12.8. The van der Waals surface area contributed by atoms with E-state index < -0.39 is 26.7 Å². The normalized spacial score (nSPS) is 38.1. The smallest absolute Gasteiger partial charge is 0.170 e. The van der Waals surface area contributed by atoms with Crippen LogP contribution in [-0.4, -0.2) is 9.41 Å². The summed E-state index contributed by atoms with van der Waals surface area (Å²) < 4.78 is 37.5. The molecule has 0 aliphatic heterocycles. The average Bonchev–Trinajstić information content (AvgIpc) is 2.26. The van der Waals surface area contributed by atoms with Crippen molar-refractivity contribution in [1.82, 2.24) is 0 Å². The largest absolute Gasteiger partial charge is 0.397 e. The molecule has 0 bridgehead atoms. The topological polar surface area (TPSA) is 0 Å². The summed E-state index contributed by atoms with van der Waals surface area (Å²) in [5, 5.41) is 0. The summed E-state index contributed by atoms with van der Waals surface area (Å²) in [6.07, 6.45) is -4.16. The first-order valence-electron chi connectivity index (χ1n) is 4.04. The molecule has 0 nitrogen and oxygen atoms in total. The van der Waals surface area contributed by atoms with Gasteiger partial charge in [0, 0.05) is 0 Å². The van der Waals surface area contributed by atoms with Crippen LogP contribution in [0.1, 0.15) is 20.8 Å². The molecule has 0 heterocycles. The van der Waals surface area contributed by atoms with Crippen LogP contribution in [0.5, 0.6) is 0 Å². The second kappa shape index (κ2) is 2.87. The minimum atomic E-state index is -4.16. The quantitative estimate of drug-likeness (QED) is 0.630. The van der Waals surface area contributed by atoms with Gasteiger partial charge in [-0.1, -0.05) is 52.6 Å². The molecule has 0 aromatic carbocycles. The molecule has 1 fully saturated rings. The minimum absolute atomic E-state index is 0.429. The highest BCUT2D eigenvalue weighted by Gasteiger charge is 2.84. The molecule has 1 saturated carbocycles. The molecule has 0 amide bonds. The Balaban J connectivity index is 3.10. The molecule has 13 heavy (non-hydrogen) atoms. The van der Waals surface area contributed by atoms with Gasteiger partial charge in [-0.15, -0.1) is 0 Å². The number of rotatable bonds is 1. The van der Waals surface area contributed by atoms with E-state index in [0.717, 1.165) is 0 Å². The van der Waals surface area contributed by atoms with Crippen LogP contribution in [0.15, 0.2) is 0 Å². The molecule has 0 saturated heterocycles. The molecule has 5 heteroatoms. The summed E-state index contributed by atoms with van der Waals surface area (Å²) in [4.78, 5) is 0. The third-order valence-electron chi connectivity index (χ3n) is 3.07. The van der Waals surface area contributed by atoms with Crippen molar-refractivity contribution in [3.8, 4) is 0 Å². The molecule has 0 radical (unpaired) electrons. The summed E-state index contributed by atoms with van der Waals surface area (Å²) in [5.41, 5.74) is -1.62. The first-order chi connectivity index (χ1) is 5.60. The Bertz CT molecular complexity index is 210. The Morgan fingerprint density at radius 1 is 1.23 bits per heavy atom. The second-order valence-electron chi connectivity index (χ2n) is 3.87. The Morgan fingerprint density at radius 3 is 1.54 bits per heavy atom. The highest BCUT2D eigenvalue weighted by atomic mass is 79.9. The van der Waals surface area contributed by atoms with E-state index in [1.54, 1.807) is 20.8 Å². The highest BCUT2D eigenvalue weighted by Crippen LogP contribution is 2.79. The lowest BCUT2D eigenvalue weighted by Gasteiger charge is -2.26. The maximum absolute atomic E-state index is 12.8. The van der Waals surface area contributed by atoms with Crippen LogP contribution in [0, 0.1) is 17.3 Å². The van der Waals surface area contributed by atoms with Crippen molar-refractivity contribution in [2.45, 2.75) is 30.2 Å². The fraction of sp³-hybridized carbons (Fsp3) is 1.00. The minimum Gasteiger partial charge on any atom is -0.170 e. The number of halogens is 5. The van der Waals surface area contributed by atoms with Crippen LogP contribution in [0.3, 0.4) is 0 Å².